The number of phenols is 1. The van der Waals surface area contributed by atoms with Gasteiger partial charge in [-0.1, -0.05) is 0 Å². The summed E-state index contributed by atoms with van der Waals surface area (Å²) in [5.74, 6) is -2.58. The van der Waals surface area contributed by atoms with E-state index in [2.05, 4.69) is 5.18 Å². The highest BCUT2D eigenvalue weighted by atomic mass is 19.1. The topological polar surface area (TPSA) is 70.0 Å². The maximum absolute atomic E-state index is 13.6. The molecule has 3 rings (SSSR count). The zero-order chi connectivity index (χ0) is 18.7. The van der Waals surface area contributed by atoms with E-state index in [1.165, 1.54) is 59.5 Å². The van der Waals surface area contributed by atoms with E-state index in [0.29, 0.717) is 11.4 Å². The summed E-state index contributed by atoms with van der Waals surface area (Å²) in [4.78, 5) is 24.8. The number of hydrogen-bond donors (Lipinski definition) is 1. The van der Waals surface area contributed by atoms with Gasteiger partial charge < -0.3 is 5.11 Å². The Hall–Kier alpha value is -3.61. The molecule has 0 aromatic heterocycles. The Morgan fingerprint density at radius 1 is 0.885 bits per heavy atom. The van der Waals surface area contributed by atoms with Crippen LogP contribution in [-0.2, 0) is 0 Å². The number of carbonyl (C=O) groups excluding carboxylic acids is 1. The van der Waals surface area contributed by atoms with Crippen LogP contribution in [0.25, 0.3) is 0 Å². The number of phenolic OH excluding ortho intramolecular Hbond substituents is 1. The lowest BCUT2D eigenvalue weighted by molar-refractivity contribution is 0.0998. The smallest absolute Gasteiger partial charge is 0.262 e. The van der Waals surface area contributed by atoms with Crippen molar-refractivity contribution >= 4 is 23.0 Å². The van der Waals surface area contributed by atoms with Crippen LogP contribution < -0.4 is 4.90 Å². The number of benzene rings is 3. The van der Waals surface area contributed by atoms with Crippen molar-refractivity contribution in [1.82, 2.24) is 0 Å². The molecule has 5 nitrogen and oxygen atoms in total. The van der Waals surface area contributed by atoms with Gasteiger partial charge >= 0.3 is 0 Å². The molecule has 0 saturated carbocycles. The summed E-state index contributed by atoms with van der Waals surface area (Å²) in [6.45, 7) is 0. The van der Waals surface area contributed by atoms with Crippen molar-refractivity contribution in [1.29, 1.82) is 0 Å². The molecule has 130 valence electrons. The van der Waals surface area contributed by atoms with E-state index in [0.717, 1.165) is 12.1 Å². The van der Waals surface area contributed by atoms with E-state index in [1.807, 2.05) is 0 Å². The highest BCUT2D eigenvalue weighted by Gasteiger charge is 2.21. The molecule has 0 aliphatic carbocycles. The first-order valence-electron chi connectivity index (χ1n) is 7.51. The Morgan fingerprint density at radius 3 is 2.00 bits per heavy atom. The number of halogens is 2. The quantitative estimate of drug-likeness (QED) is 0.667. The molecule has 0 atom stereocenters. The number of carbonyl (C=O) groups is 1. The highest BCUT2D eigenvalue weighted by molar-refractivity contribution is 6.11. The fourth-order valence-corrected chi connectivity index (χ4v) is 2.41. The largest absolute Gasteiger partial charge is 0.505 e. The van der Waals surface area contributed by atoms with Gasteiger partial charge in [0, 0.05) is 16.9 Å². The second-order valence-corrected chi connectivity index (χ2v) is 5.39. The van der Waals surface area contributed by atoms with Gasteiger partial charge in [0.1, 0.15) is 11.5 Å². The molecular weight excluding hydrogens is 342 g/mol. The first-order chi connectivity index (χ1) is 12.5. The van der Waals surface area contributed by atoms with Crippen LogP contribution in [0.2, 0.25) is 0 Å². The Kier molecular flexibility index (Phi) is 4.70. The SMILES string of the molecule is O=Nc1ccc(N(C(=O)c2ccc(O)c(F)c2)c2ccc(F)cc2)cc1. The van der Waals surface area contributed by atoms with E-state index < -0.39 is 23.3 Å². The fourth-order valence-electron chi connectivity index (χ4n) is 2.41. The normalized spacial score (nSPS) is 10.4. The van der Waals surface area contributed by atoms with Gasteiger partial charge in [-0.15, -0.1) is 4.91 Å². The second kappa shape index (κ2) is 7.10. The van der Waals surface area contributed by atoms with Gasteiger partial charge in [0.05, 0.1) is 0 Å². The highest BCUT2D eigenvalue weighted by Crippen LogP contribution is 2.30. The molecule has 0 fully saturated rings. The van der Waals surface area contributed by atoms with Crippen LogP contribution in [0, 0.1) is 16.5 Å². The molecule has 0 spiro atoms. The van der Waals surface area contributed by atoms with Gasteiger partial charge in [0.25, 0.3) is 5.91 Å². The predicted octanol–water partition coefficient (Wildman–Crippen LogP) is 5.05. The van der Waals surface area contributed by atoms with E-state index in [1.54, 1.807) is 0 Å². The van der Waals surface area contributed by atoms with Crippen LogP contribution in [-0.4, -0.2) is 11.0 Å². The van der Waals surface area contributed by atoms with Gasteiger partial charge in [0.15, 0.2) is 11.6 Å². The zero-order valence-corrected chi connectivity index (χ0v) is 13.3. The molecule has 26 heavy (non-hydrogen) atoms. The van der Waals surface area contributed by atoms with Crippen molar-refractivity contribution in [2.75, 3.05) is 4.90 Å². The number of amides is 1. The fraction of sp³-hybridized carbons (Fsp3) is 0. The van der Waals surface area contributed by atoms with E-state index in [9.17, 15) is 23.6 Å². The molecule has 0 saturated heterocycles. The van der Waals surface area contributed by atoms with Gasteiger partial charge in [-0.25, -0.2) is 8.78 Å². The molecule has 1 amide bonds. The lowest BCUT2D eigenvalue weighted by Crippen LogP contribution is -2.26. The molecule has 0 aliphatic rings. The summed E-state index contributed by atoms with van der Waals surface area (Å²) < 4.78 is 26.9. The Labute approximate surface area is 147 Å². The van der Waals surface area contributed by atoms with Crippen LogP contribution in [0.4, 0.5) is 25.8 Å². The summed E-state index contributed by atoms with van der Waals surface area (Å²) in [5, 5.41) is 12.1. The lowest BCUT2D eigenvalue weighted by Gasteiger charge is -2.23. The maximum atomic E-state index is 13.6. The van der Waals surface area contributed by atoms with E-state index in [4.69, 9.17) is 0 Å². The molecule has 7 heteroatoms. The van der Waals surface area contributed by atoms with Crippen molar-refractivity contribution in [3.05, 3.63) is 88.8 Å². The van der Waals surface area contributed by atoms with Crippen LogP contribution in [0.15, 0.2) is 71.9 Å². The van der Waals surface area contributed by atoms with Crippen molar-refractivity contribution in [2.24, 2.45) is 5.18 Å². The predicted molar refractivity (Wildman–Crippen MR) is 92.8 cm³/mol. The number of nitroso groups, excluding NO2 is 1. The minimum atomic E-state index is -0.935. The molecule has 0 heterocycles. The van der Waals surface area contributed by atoms with Crippen LogP contribution >= 0.6 is 0 Å². The molecule has 3 aromatic carbocycles. The van der Waals surface area contributed by atoms with Gasteiger partial charge in [0.2, 0.25) is 0 Å². The molecule has 1 N–H and O–H groups in total. The van der Waals surface area contributed by atoms with Crippen LogP contribution in [0.5, 0.6) is 5.75 Å². The first-order valence-corrected chi connectivity index (χ1v) is 7.51. The Morgan fingerprint density at radius 2 is 1.46 bits per heavy atom. The lowest BCUT2D eigenvalue weighted by atomic mass is 10.1. The van der Waals surface area contributed by atoms with Crippen LogP contribution in [0.3, 0.4) is 0 Å². The molecule has 0 bridgehead atoms. The van der Waals surface area contributed by atoms with Gasteiger partial charge in [-0.3, -0.25) is 9.69 Å². The minimum absolute atomic E-state index is 0.0118. The van der Waals surface area contributed by atoms with E-state index in [-0.39, 0.29) is 11.3 Å². The number of rotatable bonds is 4. The average Bonchev–Trinajstić information content (AvgIpc) is 2.66. The molecule has 0 unspecified atom stereocenters. The second-order valence-electron chi connectivity index (χ2n) is 5.39. The summed E-state index contributed by atoms with van der Waals surface area (Å²) in [6.07, 6.45) is 0. The number of hydrogen-bond acceptors (Lipinski definition) is 4. The number of aromatic hydroxyl groups is 1. The Bertz CT molecular complexity index is 958. The monoisotopic (exact) mass is 354 g/mol. The molecule has 0 radical (unpaired) electrons. The molecular formula is C19H12F2N2O3. The first kappa shape index (κ1) is 17.2. The van der Waals surface area contributed by atoms with Crippen molar-refractivity contribution in [3.63, 3.8) is 0 Å². The third-order valence-corrected chi connectivity index (χ3v) is 3.70. The van der Waals surface area contributed by atoms with Crippen molar-refractivity contribution in [2.45, 2.75) is 0 Å². The van der Waals surface area contributed by atoms with Crippen LogP contribution in [0.1, 0.15) is 10.4 Å². The van der Waals surface area contributed by atoms with E-state index >= 15 is 0 Å². The van der Waals surface area contributed by atoms with Crippen molar-refractivity contribution in [3.8, 4) is 5.75 Å². The standard InChI is InChI=1S/C19H12F2N2O3/c20-13-2-6-15(7-3-13)23(16-8-4-14(22-26)5-9-16)19(25)12-1-10-18(24)17(21)11-12/h1-11,24H. The number of anilines is 2. The van der Waals surface area contributed by atoms with Gasteiger partial charge in [-0.05, 0) is 71.9 Å². The maximum Gasteiger partial charge on any atom is 0.262 e. The summed E-state index contributed by atoms with van der Waals surface area (Å²) in [5.41, 5.74) is 0.886. The summed E-state index contributed by atoms with van der Waals surface area (Å²) >= 11 is 0. The summed E-state index contributed by atoms with van der Waals surface area (Å²) in [6, 6.07) is 14.3. The average molecular weight is 354 g/mol. The molecule has 0 aliphatic heterocycles. The molecule has 3 aromatic rings. The van der Waals surface area contributed by atoms with Crippen molar-refractivity contribution < 1.29 is 18.7 Å². The zero-order valence-electron chi connectivity index (χ0n) is 13.3. The van der Waals surface area contributed by atoms with Gasteiger partial charge in [-0.2, -0.15) is 0 Å². The number of nitrogens with zero attached hydrogens (tertiary/aromatic N) is 2. The third-order valence-electron chi connectivity index (χ3n) is 3.70. The third kappa shape index (κ3) is 3.41. The summed E-state index contributed by atoms with van der Waals surface area (Å²) in [7, 11) is 0. The Balaban J connectivity index is 2.09. The minimum Gasteiger partial charge on any atom is -0.505 e.